The predicted octanol–water partition coefficient (Wildman–Crippen LogP) is 4.09. The monoisotopic (exact) mass is 201 g/mol. The summed E-state index contributed by atoms with van der Waals surface area (Å²) in [5, 5.41) is 0. The van der Waals surface area contributed by atoms with Gasteiger partial charge in [-0.3, -0.25) is 4.99 Å². The van der Waals surface area contributed by atoms with E-state index in [1.807, 2.05) is 13.0 Å². The van der Waals surface area contributed by atoms with Crippen LogP contribution in [-0.4, -0.2) is 6.72 Å². The third-order valence-electron chi connectivity index (χ3n) is 2.51. The Morgan fingerprint density at radius 3 is 2.47 bits per heavy atom. The van der Waals surface area contributed by atoms with Gasteiger partial charge in [-0.25, -0.2) is 0 Å². The minimum absolute atomic E-state index is 0.956. The molecule has 0 aliphatic rings. The number of allylic oxidation sites excluding steroid dienone is 1. The zero-order chi connectivity index (χ0) is 11.1. The Balaban J connectivity index is 2.75. The van der Waals surface area contributed by atoms with Gasteiger partial charge in [0, 0.05) is 0 Å². The molecule has 1 nitrogen and oxygen atoms in total. The Morgan fingerprint density at radius 2 is 2.00 bits per heavy atom. The number of unbranched alkanes of at least 4 members (excludes halogenated alkanes) is 1. The Kier molecular flexibility index (Phi) is 4.82. The molecule has 0 radical (unpaired) electrons. The van der Waals surface area contributed by atoms with Gasteiger partial charge in [-0.05, 0) is 37.6 Å². The minimum Gasteiger partial charge on any atom is -0.264 e. The quantitative estimate of drug-likeness (QED) is 0.636. The van der Waals surface area contributed by atoms with E-state index in [-0.39, 0.29) is 0 Å². The molecule has 1 aromatic carbocycles. The van der Waals surface area contributed by atoms with Gasteiger partial charge < -0.3 is 0 Å². The first-order valence-electron chi connectivity index (χ1n) is 5.54. The molecule has 0 fully saturated rings. The standard InChI is InChI=1S/C14H19N/c1-4-6-7-12-8-10-13(11-9-12)14(5-2)15-3/h5,8-11H,3-4,6-7H2,1-2H3/b14-5-. The van der Waals surface area contributed by atoms with Crippen LogP contribution in [0.15, 0.2) is 35.3 Å². The molecule has 0 unspecified atom stereocenters. The van der Waals surface area contributed by atoms with Gasteiger partial charge in [-0.15, -0.1) is 0 Å². The molecule has 0 aliphatic heterocycles. The Labute approximate surface area is 92.6 Å². The van der Waals surface area contributed by atoms with E-state index in [0.717, 1.165) is 11.3 Å². The van der Waals surface area contributed by atoms with Crippen molar-refractivity contribution in [2.24, 2.45) is 4.99 Å². The van der Waals surface area contributed by atoms with Crippen LogP contribution in [0.1, 0.15) is 37.8 Å². The van der Waals surface area contributed by atoms with Crippen molar-refractivity contribution in [1.82, 2.24) is 0 Å². The topological polar surface area (TPSA) is 12.4 Å². The van der Waals surface area contributed by atoms with Crippen molar-refractivity contribution in [2.75, 3.05) is 0 Å². The first kappa shape index (κ1) is 11.7. The zero-order valence-corrected chi connectivity index (χ0v) is 9.66. The molecule has 1 heteroatoms. The fraction of sp³-hybridized carbons (Fsp3) is 0.357. The van der Waals surface area contributed by atoms with E-state index in [1.54, 1.807) is 0 Å². The van der Waals surface area contributed by atoms with E-state index in [0.29, 0.717) is 0 Å². The maximum Gasteiger partial charge on any atom is 0.0652 e. The van der Waals surface area contributed by atoms with Crippen molar-refractivity contribution in [1.29, 1.82) is 0 Å². The molecule has 0 amide bonds. The average molecular weight is 201 g/mol. The lowest BCUT2D eigenvalue weighted by atomic mass is 10.0. The van der Waals surface area contributed by atoms with Gasteiger partial charge in [0.15, 0.2) is 0 Å². The molecular formula is C14H19N. The van der Waals surface area contributed by atoms with E-state index in [9.17, 15) is 0 Å². The van der Waals surface area contributed by atoms with Crippen LogP contribution in [0.5, 0.6) is 0 Å². The lowest BCUT2D eigenvalue weighted by Gasteiger charge is -2.03. The summed E-state index contributed by atoms with van der Waals surface area (Å²) in [6.07, 6.45) is 5.66. The van der Waals surface area contributed by atoms with Gasteiger partial charge in [0.2, 0.25) is 0 Å². The van der Waals surface area contributed by atoms with Crippen molar-refractivity contribution >= 4 is 12.4 Å². The first-order valence-corrected chi connectivity index (χ1v) is 5.54. The van der Waals surface area contributed by atoms with Crippen LogP contribution in [0, 0.1) is 0 Å². The first-order chi connectivity index (χ1) is 7.31. The molecule has 0 saturated carbocycles. The number of aryl methyl sites for hydroxylation is 1. The smallest absolute Gasteiger partial charge is 0.0652 e. The highest BCUT2D eigenvalue weighted by Crippen LogP contribution is 2.16. The molecule has 0 N–H and O–H groups in total. The molecule has 15 heavy (non-hydrogen) atoms. The summed E-state index contributed by atoms with van der Waals surface area (Å²) in [6.45, 7) is 7.76. The van der Waals surface area contributed by atoms with Crippen LogP contribution >= 0.6 is 0 Å². The van der Waals surface area contributed by atoms with Crippen LogP contribution < -0.4 is 0 Å². The van der Waals surface area contributed by atoms with Gasteiger partial charge in [-0.1, -0.05) is 43.7 Å². The summed E-state index contributed by atoms with van der Waals surface area (Å²) in [7, 11) is 0. The van der Waals surface area contributed by atoms with E-state index in [2.05, 4.69) is 42.9 Å². The number of hydrogen-bond acceptors (Lipinski definition) is 1. The van der Waals surface area contributed by atoms with Crippen molar-refractivity contribution in [3.05, 3.63) is 41.5 Å². The second-order valence-corrected chi connectivity index (χ2v) is 3.63. The number of aliphatic imine (C=N–C) groups is 1. The molecule has 1 rings (SSSR count). The SMILES string of the molecule is C=N/C(=C\C)c1ccc(CCCC)cc1. The highest BCUT2D eigenvalue weighted by molar-refractivity contribution is 5.67. The van der Waals surface area contributed by atoms with E-state index >= 15 is 0 Å². The maximum atomic E-state index is 3.98. The summed E-state index contributed by atoms with van der Waals surface area (Å²) in [4.78, 5) is 3.98. The molecule has 0 aromatic heterocycles. The number of rotatable bonds is 5. The van der Waals surface area contributed by atoms with Crippen molar-refractivity contribution in [3.63, 3.8) is 0 Å². The molecule has 80 valence electrons. The molecule has 0 aliphatic carbocycles. The van der Waals surface area contributed by atoms with Gasteiger partial charge in [0.25, 0.3) is 0 Å². The summed E-state index contributed by atoms with van der Waals surface area (Å²) in [5.41, 5.74) is 3.50. The van der Waals surface area contributed by atoms with Crippen LogP contribution in [0.2, 0.25) is 0 Å². The van der Waals surface area contributed by atoms with Crippen LogP contribution in [0.25, 0.3) is 5.70 Å². The van der Waals surface area contributed by atoms with Crippen molar-refractivity contribution in [3.8, 4) is 0 Å². The second-order valence-electron chi connectivity index (χ2n) is 3.63. The Bertz CT molecular complexity index is 333. The highest BCUT2D eigenvalue weighted by Gasteiger charge is 1.97. The lowest BCUT2D eigenvalue weighted by Crippen LogP contribution is -1.86. The largest absolute Gasteiger partial charge is 0.264 e. The third-order valence-corrected chi connectivity index (χ3v) is 2.51. The highest BCUT2D eigenvalue weighted by atomic mass is 14.7. The lowest BCUT2D eigenvalue weighted by molar-refractivity contribution is 0.795. The Hall–Kier alpha value is -1.37. The van der Waals surface area contributed by atoms with Crippen molar-refractivity contribution in [2.45, 2.75) is 33.1 Å². The second kappa shape index (κ2) is 6.18. The van der Waals surface area contributed by atoms with E-state index in [1.165, 1.54) is 24.8 Å². The van der Waals surface area contributed by atoms with Crippen LogP contribution in [0.3, 0.4) is 0 Å². The number of benzene rings is 1. The van der Waals surface area contributed by atoms with Gasteiger partial charge >= 0.3 is 0 Å². The number of hydrogen-bond donors (Lipinski definition) is 0. The summed E-state index contributed by atoms with van der Waals surface area (Å²) >= 11 is 0. The third kappa shape index (κ3) is 3.35. The van der Waals surface area contributed by atoms with E-state index < -0.39 is 0 Å². The molecule has 0 atom stereocenters. The fourth-order valence-corrected chi connectivity index (χ4v) is 1.57. The van der Waals surface area contributed by atoms with Gasteiger partial charge in [-0.2, -0.15) is 0 Å². The van der Waals surface area contributed by atoms with E-state index in [4.69, 9.17) is 0 Å². The van der Waals surface area contributed by atoms with Gasteiger partial charge in [0.1, 0.15) is 0 Å². The fourth-order valence-electron chi connectivity index (χ4n) is 1.57. The van der Waals surface area contributed by atoms with Crippen molar-refractivity contribution < 1.29 is 0 Å². The summed E-state index contributed by atoms with van der Waals surface area (Å²) < 4.78 is 0. The summed E-state index contributed by atoms with van der Waals surface area (Å²) in [6, 6.07) is 8.60. The summed E-state index contributed by atoms with van der Waals surface area (Å²) in [5.74, 6) is 0. The van der Waals surface area contributed by atoms with Crippen LogP contribution in [0.4, 0.5) is 0 Å². The minimum atomic E-state index is 0.956. The average Bonchev–Trinajstić information content (AvgIpc) is 2.29. The normalized spacial score (nSPS) is 11.5. The molecule has 0 spiro atoms. The molecule has 1 aromatic rings. The molecule has 0 heterocycles. The predicted molar refractivity (Wildman–Crippen MR) is 68.3 cm³/mol. The Morgan fingerprint density at radius 1 is 1.33 bits per heavy atom. The molecular weight excluding hydrogens is 182 g/mol. The van der Waals surface area contributed by atoms with Gasteiger partial charge in [0.05, 0.1) is 5.70 Å². The molecule has 0 saturated heterocycles. The van der Waals surface area contributed by atoms with Crippen LogP contribution in [-0.2, 0) is 6.42 Å². The number of nitrogens with zero attached hydrogens (tertiary/aromatic N) is 1. The maximum absolute atomic E-state index is 3.98. The zero-order valence-electron chi connectivity index (χ0n) is 9.66. The molecule has 0 bridgehead atoms.